The van der Waals surface area contributed by atoms with Crippen molar-refractivity contribution >= 4 is 11.7 Å². The summed E-state index contributed by atoms with van der Waals surface area (Å²) in [4.78, 5) is 21.2. The first-order chi connectivity index (χ1) is 8.06. The lowest BCUT2D eigenvalue weighted by atomic mass is 10.2. The van der Waals surface area contributed by atoms with Gasteiger partial charge < -0.3 is 9.47 Å². The number of ether oxygens (including phenoxy) is 2. The summed E-state index contributed by atoms with van der Waals surface area (Å²) < 4.78 is 9.85. The molecule has 1 aromatic rings. The van der Waals surface area contributed by atoms with Crippen LogP contribution in [0.5, 0.6) is 5.75 Å². The summed E-state index contributed by atoms with van der Waals surface area (Å²) in [7, 11) is 0. The van der Waals surface area contributed by atoms with Crippen LogP contribution in [0.2, 0.25) is 0 Å². The van der Waals surface area contributed by atoms with E-state index in [1.807, 2.05) is 0 Å². The molecule has 92 valence electrons. The molecule has 0 bridgehead atoms. The molecule has 0 atom stereocenters. The molecule has 0 aliphatic rings. The zero-order chi connectivity index (χ0) is 12.8. The van der Waals surface area contributed by atoms with Gasteiger partial charge in [0.1, 0.15) is 5.75 Å². The lowest BCUT2D eigenvalue weighted by Gasteiger charge is -2.08. The Kier molecular flexibility index (Phi) is 4.45. The number of nitrogens with zero attached hydrogens (tertiary/aromatic N) is 1. The van der Waals surface area contributed by atoms with Crippen molar-refractivity contribution < 1.29 is 19.2 Å². The highest BCUT2D eigenvalue weighted by Crippen LogP contribution is 2.26. The molecule has 0 aliphatic heterocycles. The first-order valence-electron chi connectivity index (χ1n) is 5.08. The standard InChI is InChI=1S/C11H13NO5/c1-3-16-11(13)7-17-10-6-4-5-9(8(10)2)12(14)15/h4-6H,3,7H2,1-2H3. The molecule has 6 heteroatoms. The van der Waals surface area contributed by atoms with E-state index in [-0.39, 0.29) is 18.9 Å². The van der Waals surface area contributed by atoms with Gasteiger partial charge in [0.2, 0.25) is 0 Å². The molecule has 0 radical (unpaired) electrons. The number of hydrogen-bond acceptors (Lipinski definition) is 5. The van der Waals surface area contributed by atoms with E-state index < -0.39 is 10.9 Å². The Hall–Kier alpha value is -2.11. The van der Waals surface area contributed by atoms with Crippen LogP contribution >= 0.6 is 0 Å². The summed E-state index contributed by atoms with van der Waals surface area (Å²) in [5.41, 5.74) is 0.355. The molecule has 0 fully saturated rings. The Bertz CT molecular complexity index is 430. The third-order valence-electron chi connectivity index (χ3n) is 2.10. The minimum absolute atomic E-state index is 0.0358. The first-order valence-corrected chi connectivity index (χ1v) is 5.08. The normalized spacial score (nSPS) is 9.76. The summed E-state index contributed by atoms with van der Waals surface area (Å²) in [6.45, 7) is 3.28. The van der Waals surface area contributed by atoms with E-state index in [1.165, 1.54) is 12.1 Å². The third-order valence-corrected chi connectivity index (χ3v) is 2.10. The smallest absolute Gasteiger partial charge is 0.344 e. The van der Waals surface area contributed by atoms with Gasteiger partial charge in [-0.3, -0.25) is 10.1 Å². The highest BCUT2D eigenvalue weighted by atomic mass is 16.6. The van der Waals surface area contributed by atoms with Gasteiger partial charge in [0.05, 0.1) is 17.1 Å². The van der Waals surface area contributed by atoms with E-state index in [2.05, 4.69) is 4.74 Å². The van der Waals surface area contributed by atoms with Crippen molar-refractivity contribution in [2.24, 2.45) is 0 Å². The average molecular weight is 239 g/mol. The fraction of sp³-hybridized carbons (Fsp3) is 0.364. The fourth-order valence-corrected chi connectivity index (χ4v) is 1.30. The minimum Gasteiger partial charge on any atom is -0.481 e. The van der Waals surface area contributed by atoms with Crippen molar-refractivity contribution in [3.63, 3.8) is 0 Å². The Labute approximate surface area is 98.3 Å². The molecule has 0 amide bonds. The highest BCUT2D eigenvalue weighted by Gasteiger charge is 2.14. The predicted octanol–water partition coefficient (Wildman–Crippen LogP) is 1.85. The van der Waals surface area contributed by atoms with Gasteiger partial charge in [-0.05, 0) is 19.9 Å². The number of carbonyl (C=O) groups excluding carboxylic acids is 1. The molecule has 0 spiro atoms. The molecule has 17 heavy (non-hydrogen) atoms. The van der Waals surface area contributed by atoms with Crippen molar-refractivity contribution in [3.8, 4) is 5.75 Å². The van der Waals surface area contributed by atoms with Crippen molar-refractivity contribution in [2.45, 2.75) is 13.8 Å². The lowest BCUT2D eigenvalue weighted by molar-refractivity contribution is -0.385. The predicted molar refractivity (Wildman–Crippen MR) is 60.0 cm³/mol. The van der Waals surface area contributed by atoms with E-state index in [4.69, 9.17) is 4.74 Å². The number of nitro benzene ring substituents is 1. The fourth-order valence-electron chi connectivity index (χ4n) is 1.30. The minimum atomic E-state index is -0.501. The molecular weight excluding hydrogens is 226 g/mol. The largest absolute Gasteiger partial charge is 0.481 e. The summed E-state index contributed by atoms with van der Waals surface area (Å²) in [6, 6.07) is 4.46. The average Bonchev–Trinajstić information content (AvgIpc) is 2.27. The second-order valence-corrected chi connectivity index (χ2v) is 3.25. The van der Waals surface area contributed by atoms with Gasteiger partial charge in [0.15, 0.2) is 6.61 Å². The van der Waals surface area contributed by atoms with Crippen LogP contribution in [0.25, 0.3) is 0 Å². The third kappa shape index (κ3) is 3.44. The number of rotatable bonds is 5. The second-order valence-electron chi connectivity index (χ2n) is 3.25. The van der Waals surface area contributed by atoms with Crippen LogP contribution in [-0.4, -0.2) is 24.1 Å². The number of esters is 1. The van der Waals surface area contributed by atoms with E-state index in [9.17, 15) is 14.9 Å². The Morgan fingerprint density at radius 2 is 2.18 bits per heavy atom. The lowest BCUT2D eigenvalue weighted by Crippen LogP contribution is -2.15. The molecule has 0 heterocycles. The zero-order valence-corrected chi connectivity index (χ0v) is 9.63. The van der Waals surface area contributed by atoms with E-state index >= 15 is 0 Å². The maximum atomic E-state index is 11.1. The molecule has 6 nitrogen and oxygen atoms in total. The SMILES string of the molecule is CCOC(=O)COc1cccc([N+](=O)[O-])c1C. The van der Waals surface area contributed by atoms with Crippen molar-refractivity contribution in [2.75, 3.05) is 13.2 Å². The van der Waals surface area contributed by atoms with E-state index in [0.717, 1.165) is 0 Å². The van der Waals surface area contributed by atoms with Crippen LogP contribution in [0, 0.1) is 17.0 Å². The van der Waals surface area contributed by atoms with Crippen molar-refractivity contribution in [1.82, 2.24) is 0 Å². The molecule has 1 aromatic carbocycles. The van der Waals surface area contributed by atoms with Crippen LogP contribution < -0.4 is 4.74 Å². The van der Waals surface area contributed by atoms with Crippen molar-refractivity contribution in [3.05, 3.63) is 33.9 Å². The van der Waals surface area contributed by atoms with E-state index in [0.29, 0.717) is 11.3 Å². The van der Waals surface area contributed by atoms with Crippen LogP contribution in [-0.2, 0) is 9.53 Å². The summed E-state index contributed by atoms with van der Waals surface area (Å²) in [5, 5.41) is 10.7. The monoisotopic (exact) mass is 239 g/mol. The first kappa shape index (κ1) is 13.0. The number of benzene rings is 1. The summed E-state index contributed by atoms with van der Waals surface area (Å²) in [5.74, 6) is -0.189. The molecule has 0 saturated heterocycles. The van der Waals surface area contributed by atoms with Gasteiger partial charge >= 0.3 is 5.97 Å². The van der Waals surface area contributed by atoms with Gasteiger partial charge in [0, 0.05) is 6.07 Å². The Morgan fingerprint density at radius 3 is 2.76 bits per heavy atom. The Morgan fingerprint density at radius 1 is 1.47 bits per heavy atom. The van der Waals surface area contributed by atoms with Crippen LogP contribution in [0.4, 0.5) is 5.69 Å². The van der Waals surface area contributed by atoms with E-state index in [1.54, 1.807) is 19.9 Å². The number of carbonyl (C=O) groups is 1. The maximum absolute atomic E-state index is 11.1. The van der Waals surface area contributed by atoms with Gasteiger partial charge in [-0.2, -0.15) is 0 Å². The molecule has 0 unspecified atom stereocenters. The van der Waals surface area contributed by atoms with Gasteiger partial charge in [-0.25, -0.2) is 4.79 Å². The van der Waals surface area contributed by atoms with Crippen LogP contribution in [0.15, 0.2) is 18.2 Å². The maximum Gasteiger partial charge on any atom is 0.344 e. The van der Waals surface area contributed by atoms with Crippen molar-refractivity contribution in [1.29, 1.82) is 0 Å². The van der Waals surface area contributed by atoms with Crippen LogP contribution in [0.3, 0.4) is 0 Å². The number of nitro groups is 1. The van der Waals surface area contributed by atoms with Gasteiger partial charge in [0.25, 0.3) is 5.69 Å². The molecular formula is C11H13NO5. The van der Waals surface area contributed by atoms with Gasteiger partial charge in [-0.1, -0.05) is 6.07 Å². The molecule has 0 aromatic heterocycles. The number of hydrogen-bond donors (Lipinski definition) is 0. The van der Waals surface area contributed by atoms with Gasteiger partial charge in [-0.15, -0.1) is 0 Å². The zero-order valence-electron chi connectivity index (χ0n) is 9.63. The molecule has 0 N–H and O–H groups in total. The highest BCUT2D eigenvalue weighted by molar-refractivity contribution is 5.71. The quantitative estimate of drug-likeness (QED) is 0.445. The molecule has 1 rings (SSSR count). The second kappa shape index (κ2) is 5.83. The summed E-state index contributed by atoms with van der Waals surface area (Å²) in [6.07, 6.45) is 0. The van der Waals surface area contributed by atoms with Crippen LogP contribution in [0.1, 0.15) is 12.5 Å². The molecule has 0 saturated carbocycles. The molecule has 0 aliphatic carbocycles. The summed E-state index contributed by atoms with van der Waals surface area (Å²) >= 11 is 0. The topological polar surface area (TPSA) is 78.7 Å². The Balaban J connectivity index is 2.75.